The normalized spacial score (nSPS) is 19.1. The van der Waals surface area contributed by atoms with Crippen molar-refractivity contribution in [1.29, 1.82) is 0 Å². The molecule has 0 unspecified atom stereocenters. The van der Waals surface area contributed by atoms with Crippen LogP contribution < -0.4 is 0 Å². The van der Waals surface area contributed by atoms with Gasteiger partial charge in [-0.15, -0.1) is 0 Å². The lowest BCUT2D eigenvalue weighted by Gasteiger charge is -2.24. The van der Waals surface area contributed by atoms with Crippen molar-refractivity contribution in [1.82, 2.24) is 0 Å². The topological polar surface area (TPSA) is 9.23 Å². The zero-order valence-corrected chi connectivity index (χ0v) is 15.7. The van der Waals surface area contributed by atoms with Crippen LogP contribution in [-0.4, -0.2) is 13.0 Å². The fourth-order valence-corrected chi connectivity index (χ4v) is 3.07. The Bertz CT molecular complexity index is 744. The third-order valence-corrected chi connectivity index (χ3v) is 4.86. The minimum absolute atomic E-state index is 0.0410. The van der Waals surface area contributed by atoms with Gasteiger partial charge in [0.1, 0.15) is 0 Å². The zero-order chi connectivity index (χ0) is 20.8. The molecule has 1 aliphatic rings. The smallest absolute Gasteiger partial charge is 0.195 e. The number of hydrogen-bond donors (Lipinski definition) is 0. The maximum Gasteiger partial charge on any atom is 0.195 e. The van der Waals surface area contributed by atoms with Gasteiger partial charge in [0.25, 0.3) is 0 Å². The van der Waals surface area contributed by atoms with Crippen LogP contribution in [0, 0.1) is 41.9 Å². The van der Waals surface area contributed by atoms with E-state index < -0.39 is 47.1 Å². The molecule has 0 spiro atoms. The maximum atomic E-state index is 13.6. The third kappa shape index (κ3) is 5.28. The van der Waals surface area contributed by atoms with Crippen LogP contribution in [0.25, 0.3) is 11.1 Å². The van der Waals surface area contributed by atoms with E-state index in [-0.39, 0.29) is 11.7 Å². The minimum atomic E-state index is -1.71. The predicted octanol–water partition coefficient (Wildman–Crippen LogP) is 6.87. The average molecular weight is 404 g/mol. The molecule has 0 aromatic heterocycles. The van der Waals surface area contributed by atoms with Crippen molar-refractivity contribution < 1.29 is 31.1 Å². The Morgan fingerprint density at radius 1 is 0.786 bits per heavy atom. The molecular formula is C21H22F6O. The van der Waals surface area contributed by atoms with E-state index in [0.29, 0.717) is 6.07 Å². The SMILES string of the molecule is CC1CCC(OCF)CC1.Cc1ccc(-c2ccc(F)c(F)c2F)c(F)c1F. The van der Waals surface area contributed by atoms with E-state index in [1.54, 1.807) is 0 Å². The fourth-order valence-electron chi connectivity index (χ4n) is 3.07. The van der Waals surface area contributed by atoms with Gasteiger partial charge in [-0.05, 0) is 56.2 Å². The predicted molar refractivity (Wildman–Crippen MR) is 94.9 cm³/mol. The lowest BCUT2D eigenvalue weighted by atomic mass is 9.89. The maximum absolute atomic E-state index is 13.6. The summed E-state index contributed by atoms with van der Waals surface area (Å²) in [5.74, 6) is -6.26. The summed E-state index contributed by atoms with van der Waals surface area (Å²) < 4.78 is 82.7. The molecular weight excluding hydrogens is 382 g/mol. The van der Waals surface area contributed by atoms with E-state index in [9.17, 15) is 26.3 Å². The molecule has 1 fully saturated rings. The highest BCUT2D eigenvalue weighted by Gasteiger charge is 2.20. The van der Waals surface area contributed by atoms with Crippen LogP contribution in [0.4, 0.5) is 26.3 Å². The molecule has 0 N–H and O–H groups in total. The molecule has 28 heavy (non-hydrogen) atoms. The van der Waals surface area contributed by atoms with Crippen LogP contribution in [0.15, 0.2) is 24.3 Å². The molecule has 0 radical (unpaired) electrons. The summed E-state index contributed by atoms with van der Waals surface area (Å²) in [6.07, 6.45) is 4.70. The van der Waals surface area contributed by atoms with E-state index in [1.807, 2.05) is 0 Å². The second kappa shape index (κ2) is 9.96. The molecule has 2 aromatic rings. The third-order valence-electron chi connectivity index (χ3n) is 4.86. The molecule has 3 rings (SSSR count). The molecule has 0 amide bonds. The van der Waals surface area contributed by atoms with Crippen molar-refractivity contribution in [2.45, 2.75) is 45.6 Å². The molecule has 1 nitrogen and oxygen atoms in total. The Morgan fingerprint density at radius 2 is 1.32 bits per heavy atom. The zero-order valence-electron chi connectivity index (χ0n) is 15.7. The molecule has 2 aromatic carbocycles. The van der Waals surface area contributed by atoms with Gasteiger partial charge in [-0.25, -0.2) is 26.3 Å². The number of aryl methyl sites for hydroxylation is 1. The number of benzene rings is 2. The van der Waals surface area contributed by atoms with E-state index >= 15 is 0 Å². The highest BCUT2D eigenvalue weighted by atomic mass is 19.2. The molecule has 1 saturated carbocycles. The van der Waals surface area contributed by atoms with E-state index in [2.05, 4.69) is 6.92 Å². The second-order valence-corrected chi connectivity index (χ2v) is 6.94. The second-order valence-electron chi connectivity index (χ2n) is 6.94. The van der Waals surface area contributed by atoms with Gasteiger partial charge < -0.3 is 4.74 Å². The van der Waals surface area contributed by atoms with Gasteiger partial charge in [0, 0.05) is 11.1 Å². The highest BCUT2D eigenvalue weighted by Crippen LogP contribution is 2.30. The van der Waals surface area contributed by atoms with E-state index in [0.717, 1.165) is 30.9 Å². The molecule has 0 heterocycles. The van der Waals surface area contributed by atoms with Crippen LogP contribution in [0.5, 0.6) is 0 Å². The van der Waals surface area contributed by atoms with Crippen LogP contribution in [-0.2, 0) is 4.74 Å². The van der Waals surface area contributed by atoms with Gasteiger partial charge in [0.15, 0.2) is 35.9 Å². The number of ether oxygens (including phenoxy) is 1. The van der Waals surface area contributed by atoms with Crippen molar-refractivity contribution in [3.8, 4) is 11.1 Å². The summed E-state index contributed by atoms with van der Waals surface area (Å²) in [5, 5.41) is 0. The first-order valence-electron chi connectivity index (χ1n) is 9.02. The molecule has 1 aliphatic carbocycles. The quantitative estimate of drug-likeness (QED) is 0.401. The summed E-state index contributed by atoms with van der Waals surface area (Å²) >= 11 is 0. The van der Waals surface area contributed by atoms with Gasteiger partial charge >= 0.3 is 0 Å². The minimum Gasteiger partial charge on any atom is -0.347 e. The Labute approximate surface area is 160 Å². The van der Waals surface area contributed by atoms with Crippen molar-refractivity contribution in [2.75, 3.05) is 6.86 Å². The van der Waals surface area contributed by atoms with Crippen molar-refractivity contribution >= 4 is 0 Å². The van der Waals surface area contributed by atoms with E-state index in [1.165, 1.54) is 25.8 Å². The Hall–Kier alpha value is -2.02. The number of halogens is 6. The molecule has 0 saturated heterocycles. The summed E-state index contributed by atoms with van der Waals surface area (Å²) in [6.45, 7) is 2.97. The van der Waals surface area contributed by atoms with Crippen LogP contribution in [0.3, 0.4) is 0 Å². The lowest BCUT2D eigenvalue weighted by molar-refractivity contribution is -0.0274. The van der Waals surface area contributed by atoms with Crippen LogP contribution in [0.2, 0.25) is 0 Å². The fraction of sp³-hybridized carbons (Fsp3) is 0.429. The number of hydrogen-bond acceptors (Lipinski definition) is 1. The van der Waals surface area contributed by atoms with Gasteiger partial charge in [0.05, 0.1) is 6.10 Å². The van der Waals surface area contributed by atoms with Gasteiger partial charge in [-0.1, -0.05) is 19.1 Å². The van der Waals surface area contributed by atoms with Crippen molar-refractivity contribution in [3.05, 3.63) is 58.9 Å². The summed E-state index contributed by atoms with van der Waals surface area (Å²) in [5.41, 5.74) is -0.931. The lowest BCUT2D eigenvalue weighted by Crippen LogP contribution is -2.19. The van der Waals surface area contributed by atoms with Crippen LogP contribution >= 0.6 is 0 Å². The number of rotatable bonds is 3. The van der Waals surface area contributed by atoms with Crippen LogP contribution in [0.1, 0.15) is 38.2 Å². The Balaban J connectivity index is 0.000000237. The first-order chi connectivity index (χ1) is 13.3. The average Bonchev–Trinajstić information content (AvgIpc) is 2.68. The monoisotopic (exact) mass is 404 g/mol. The Morgan fingerprint density at radius 3 is 1.89 bits per heavy atom. The van der Waals surface area contributed by atoms with Crippen molar-refractivity contribution in [2.24, 2.45) is 5.92 Å². The molecule has 0 bridgehead atoms. The standard InChI is InChI=1S/C13H7F5.C8H15FO/c1-6-2-3-7(11(16)10(6)15)8-4-5-9(14)13(18)12(8)17;1-7-2-4-8(5-3-7)10-6-9/h2-5H,1H3;7-8H,2-6H2,1H3. The number of alkyl halides is 1. The summed E-state index contributed by atoms with van der Waals surface area (Å²) in [7, 11) is 0. The molecule has 154 valence electrons. The molecule has 7 heteroatoms. The van der Waals surface area contributed by atoms with Gasteiger partial charge in [-0.3, -0.25) is 0 Å². The summed E-state index contributed by atoms with van der Waals surface area (Å²) in [6, 6.07) is 3.86. The van der Waals surface area contributed by atoms with E-state index in [4.69, 9.17) is 4.74 Å². The summed E-state index contributed by atoms with van der Waals surface area (Å²) in [4.78, 5) is 0. The van der Waals surface area contributed by atoms with Crippen molar-refractivity contribution in [3.63, 3.8) is 0 Å². The highest BCUT2D eigenvalue weighted by molar-refractivity contribution is 5.65. The first-order valence-corrected chi connectivity index (χ1v) is 9.02. The molecule has 0 atom stereocenters. The van der Waals surface area contributed by atoms with Gasteiger partial charge in [0.2, 0.25) is 0 Å². The molecule has 0 aliphatic heterocycles. The Kier molecular flexibility index (Phi) is 7.92. The largest absolute Gasteiger partial charge is 0.347 e. The van der Waals surface area contributed by atoms with Gasteiger partial charge in [-0.2, -0.15) is 0 Å². The first kappa shape index (κ1) is 22.3.